The molecular formula is C27H30Cl2N6O4. The van der Waals surface area contributed by atoms with Crippen LogP contribution in [0.25, 0.3) is 11.0 Å². The van der Waals surface area contributed by atoms with Crippen molar-refractivity contribution >= 4 is 59.6 Å². The molecule has 0 saturated heterocycles. The van der Waals surface area contributed by atoms with Crippen molar-refractivity contribution in [2.75, 3.05) is 18.1 Å². The molecule has 0 saturated carbocycles. The summed E-state index contributed by atoms with van der Waals surface area (Å²) in [7, 11) is 0. The lowest BCUT2D eigenvalue weighted by Gasteiger charge is -2.20. The van der Waals surface area contributed by atoms with Crippen molar-refractivity contribution in [3.63, 3.8) is 0 Å². The minimum absolute atomic E-state index is 0. The first-order chi connectivity index (χ1) is 17.9. The SMILES string of the molecule is CCOC(=O)CN(C(=O)Oc1ccc2[nH]c(CCc3ccc(C(=N)N)cc3)nc2c1C)c1ccccn1.Cl.Cl. The second-order valence-corrected chi connectivity index (χ2v) is 8.33. The van der Waals surface area contributed by atoms with Gasteiger partial charge in [0.1, 0.15) is 29.8 Å². The van der Waals surface area contributed by atoms with E-state index in [1.165, 1.54) is 6.20 Å². The molecule has 0 aliphatic rings. The third kappa shape index (κ3) is 7.68. The summed E-state index contributed by atoms with van der Waals surface area (Å²) in [6.07, 6.45) is 2.21. The molecule has 4 N–H and O–H groups in total. The molecule has 0 spiro atoms. The Balaban J connectivity index is 0.00000267. The highest BCUT2D eigenvalue weighted by atomic mass is 35.5. The lowest BCUT2D eigenvalue weighted by molar-refractivity contribution is -0.141. The summed E-state index contributed by atoms with van der Waals surface area (Å²) in [4.78, 5) is 38.5. The number of carbonyl (C=O) groups excluding carboxylic acids is 2. The Labute approximate surface area is 238 Å². The van der Waals surface area contributed by atoms with E-state index in [2.05, 4.69) is 9.97 Å². The minimum Gasteiger partial charge on any atom is -0.465 e. The van der Waals surface area contributed by atoms with Gasteiger partial charge in [0.2, 0.25) is 0 Å². The molecule has 0 atom stereocenters. The molecule has 10 nitrogen and oxygen atoms in total. The number of rotatable bonds is 9. The molecule has 12 heteroatoms. The normalized spacial score (nSPS) is 10.2. The van der Waals surface area contributed by atoms with E-state index >= 15 is 0 Å². The van der Waals surface area contributed by atoms with Crippen molar-refractivity contribution in [1.29, 1.82) is 5.41 Å². The highest BCUT2D eigenvalue weighted by Gasteiger charge is 2.24. The Morgan fingerprint density at radius 3 is 2.44 bits per heavy atom. The first-order valence-corrected chi connectivity index (χ1v) is 11.8. The number of hydrogen-bond acceptors (Lipinski definition) is 7. The number of ether oxygens (including phenoxy) is 2. The molecule has 2 heterocycles. The number of halogens is 2. The van der Waals surface area contributed by atoms with Crippen LogP contribution in [-0.2, 0) is 22.4 Å². The molecule has 4 aromatic rings. The predicted molar refractivity (Wildman–Crippen MR) is 154 cm³/mol. The second-order valence-electron chi connectivity index (χ2n) is 8.33. The lowest BCUT2D eigenvalue weighted by Crippen LogP contribution is -2.39. The highest BCUT2D eigenvalue weighted by molar-refractivity contribution is 5.95. The maximum Gasteiger partial charge on any atom is 0.421 e. The largest absolute Gasteiger partial charge is 0.465 e. The first-order valence-electron chi connectivity index (χ1n) is 11.8. The van der Waals surface area contributed by atoms with Crippen molar-refractivity contribution in [2.45, 2.75) is 26.7 Å². The number of pyridine rings is 1. The average Bonchev–Trinajstić information content (AvgIpc) is 3.32. The molecule has 206 valence electrons. The maximum atomic E-state index is 13.1. The molecule has 0 bridgehead atoms. The summed E-state index contributed by atoms with van der Waals surface area (Å²) >= 11 is 0. The van der Waals surface area contributed by atoms with Crippen molar-refractivity contribution in [2.24, 2.45) is 5.73 Å². The summed E-state index contributed by atoms with van der Waals surface area (Å²) < 4.78 is 10.7. The first kappa shape index (κ1) is 31.1. The van der Waals surface area contributed by atoms with E-state index in [1.807, 2.05) is 31.2 Å². The number of nitrogen functional groups attached to an aromatic ring is 1. The molecule has 0 unspecified atom stereocenters. The third-order valence-corrected chi connectivity index (χ3v) is 5.76. The third-order valence-electron chi connectivity index (χ3n) is 5.76. The van der Waals surface area contributed by atoms with Crippen molar-refractivity contribution in [3.05, 3.63) is 83.3 Å². The number of fused-ring (bicyclic) bond motifs is 1. The summed E-state index contributed by atoms with van der Waals surface area (Å²) in [6, 6.07) is 16.1. The van der Waals surface area contributed by atoms with E-state index < -0.39 is 12.1 Å². The lowest BCUT2D eigenvalue weighted by atomic mass is 10.1. The Kier molecular flexibility index (Phi) is 11.3. The number of imidazole rings is 1. The second kappa shape index (κ2) is 14.1. The van der Waals surface area contributed by atoms with Crippen LogP contribution >= 0.6 is 24.8 Å². The zero-order valence-electron chi connectivity index (χ0n) is 21.5. The number of anilines is 1. The maximum absolute atomic E-state index is 13.1. The molecule has 0 aliphatic carbocycles. The number of aromatic nitrogens is 3. The number of nitrogens with two attached hydrogens (primary N) is 1. The minimum atomic E-state index is -0.751. The number of nitrogens with one attached hydrogen (secondary N) is 2. The van der Waals surface area contributed by atoms with Crippen LogP contribution in [0, 0.1) is 12.3 Å². The van der Waals surface area contributed by atoms with Gasteiger partial charge in [0.25, 0.3) is 0 Å². The number of aromatic amines is 1. The van der Waals surface area contributed by atoms with E-state index in [9.17, 15) is 9.59 Å². The van der Waals surface area contributed by atoms with E-state index in [0.29, 0.717) is 28.8 Å². The Morgan fingerprint density at radius 2 is 1.79 bits per heavy atom. The molecular weight excluding hydrogens is 543 g/mol. The number of esters is 1. The monoisotopic (exact) mass is 572 g/mol. The summed E-state index contributed by atoms with van der Waals surface area (Å²) in [6.45, 7) is 3.39. The van der Waals surface area contributed by atoms with Crippen LogP contribution in [0.4, 0.5) is 10.6 Å². The Hall–Kier alpha value is -4.15. The number of benzene rings is 2. The predicted octanol–water partition coefficient (Wildman–Crippen LogP) is 4.75. The fourth-order valence-corrected chi connectivity index (χ4v) is 3.83. The van der Waals surface area contributed by atoms with Crippen LogP contribution in [0.5, 0.6) is 5.75 Å². The van der Waals surface area contributed by atoms with Crippen LogP contribution in [-0.4, -0.2) is 46.0 Å². The Bertz CT molecular complexity index is 1430. The number of H-pyrrole nitrogens is 1. The van der Waals surface area contributed by atoms with Gasteiger partial charge >= 0.3 is 12.1 Å². The zero-order chi connectivity index (χ0) is 26.4. The van der Waals surface area contributed by atoms with Gasteiger partial charge in [0, 0.05) is 23.7 Å². The van der Waals surface area contributed by atoms with Crippen LogP contribution in [0.3, 0.4) is 0 Å². The van der Waals surface area contributed by atoms with Crippen molar-refractivity contribution < 1.29 is 19.1 Å². The molecule has 2 aromatic carbocycles. The number of hydrogen-bond donors (Lipinski definition) is 3. The Morgan fingerprint density at radius 1 is 1.05 bits per heavy atom. The average molecular weight is 573 g/mol. The smallest absolute Gasteiger partial charge is 0.421 e. The van der Waals surface area contributed by atoms with Gasteiger partial charge in [-0.1, -0.05) is 30.3 Å². The summed E-state index contributed by atoms with van der Waals surface area (Å²) in [5.74, 6) is 0.887. The van der Waals surface area contributed by atoms with Gasteiger partial charge in [0.15, 0.2) is 0 Å². The van der Waals surface area contributed by atoms with E-state index in [0.717, 1.165) is 28.2 Å². The molecule has 1 amide bonds. The molecule has 0 radical (unpaired) electrons. The van der Waals surface area contributed by atoms with Crippen LogP contribution < -0.4 is 15.4 Å². The van der Waals surface area contributed by atoms with E-state index in [-0.39, 0.29) is 49.6 Å². The van der Waals surface area contributed by atoms with Gasteiger partial charge in [-0.2, -0.15) is 0 Å². The number of carbonyl (C=O) groups is 2. The number of amides is 1. The van der Waals surface area contributed by atoms with Gasteiger partial charge in [-0.25, -0.2) is 19.7 Å². The molecule has 0 aliphatic heterocycles. The molecule has 39 heavy (non-hydrogen) atoms. The highest BCUT2D eigenvalue weighted by Crippen LogP contribution is 2.27. The topological polar surface area (TPSA) is 147 Å². The molecule has 4 rings (SSSR count). The van der Waals surface area contributed by atoms with Crippen LogP contribution in [0.15, 0.2) is 60.8 Å². The van der Waals surface area contributed by atoms with Gasteiger partial charge in [-0.05, 0) is 50.1 Å². The summed E-state index contributed by atoms with van der Waals surface area (Å²) in [5.41, 5.74) is 9.53. The standard InChI is InChI=1S/C27H28N6O4.2ClH/c1-3-36-24(34)16-33(23-6-4-5-15-30-23)27(35)37-21-13-12-20-25(17(21)2)32-22(31-20)14-9-18-7-10-19(11-8-18)26(28)29;;/h4-8,10-13,15H,3,9,14,16H2,1-2H3,(H3,28,29)(H,31,32);2*1H. The van der Waals surface area contributed by atoms with Gasteiger partial charge in [-0.3, -0.25) is 10.2 Å². The van der Waals surface area contributed by atoms with Gasteiger partial charge < -0.3 is 20.2 Å². The number of aryl methyl sites for hydroxylation is 3. The fourth-order valence-electron chi connectivity index (χ4n) is 3.83. The van der Waals surface area contributed by atoms with E-state index in [4.69, 9.17) is 25.6 Å². The molecule has 2 aromatic heterocycles. The summed E-state index contributed by atoms with van der Waals surface area (Å²) in [5, 5.41) is 7.50. The molecule has 0 fully saturated rings. The zero-order valence-corrected chi connectivity index (χ0v) is 23.1. The van der Waals surface area contributed by atoms with Gasteiger partial charge in [0.05, 0.1) is 17.6 Å². The van der Waals surface area contributed by atoms with Gasteiger partial charge in [-0.15, -0.1) is 24.8 Å². The van der Waals surface area contributed by atoms with Crippen LogP contribution in [0.2, 0.25) is 0 Å². The van der Waals surface area contributed by atoms with Crippen molar-refractivity contribution in [1.82, 2.24) is 15.0 Å². The number of amidine groups is 1. The van der Waals surface area contributed by atoms with E-state index in [1.54, 1.807) is 37.3 Å². The van der Waals surface area contributed by atoms with Crippen LogP contribution in [0.1, 0.15) is 29.4 Å². The quantitative estimate of drug-likeness (QED) is 0.149. The van der Waals surface area contributed by atoms with Crippen molar-refractivity contribution in [3.8, 4) is 5.75 Å². The number of nitrogens with zero attached hydrogens (tertiary/aromatic N) is 3. The fraction of sp³-hybridized carbons (Fsp3) is 0.222.